The van der Waals surface area contributed by atoms with Gasteiger partial charge in [-0.2, -0.15) is 0 Å². The van der Waals surface area contributed by atoms with Crippen LogP contribution in [0.25, 0.3) is 0 Å². The molecule has 0 spiro atoms. The van der Waals surface area contributed by atoms with Crippen LogP contribution in [0.3, 0.4) is 0 Å². The number of benzene rings is 1. The summed E-state index contributed by atoms with van der Waals surface area (Å²) in [5.74, 6) is 1.83. The highest BCUT2D eigenvalue weighted by Gasteiger charge is 2.05. The number of pyridine rings is 1. The largest absolute Gasteiger partial charge is 0.439 e. The van der Waals surface area contributed by atoms with Crippen LogP contribution in [-0.2, 0) is 12.3 Å². The van der Waals surface area contributed by atoms with Gasteiger partial charge in [-0.05, 0) is 30.2 Å². The molecule has 0 aliphatic rings. The molecule has 0 aliphatic carbocycles. The standard InChI is InChI=1S/C16H19ClN2O/c1-4-13-8-12(11-17)9-16(18-13)20-15-7-5-6-14(10-15)19(2)3/h5-10H,4,11H2,1-3H3. The quantitative estimate of drug-likeness (QED) is 0.770. The number of hydrogen-bond donors (Lipinski definition) is 0. The summed E-state index contributed by atoms with van der Waals surface area (Å²) < 4.78 is 5.86. The maximum atomic E-state index is 5.91. The molecule has 2 aromatic rings. The molecule has 0 fully saturated rings. The van der Waals surface area contributed by atoms with Gasteiger partial charge in [0.15, 0.2) is 0 Å². The predicted molar refractivity (Wildman–Crippen MR) is 84.0 cm³/mol. The van der Waals surface area contributed by atoms with E-state index in [0.717, 1.165) is 29.1 Å². The number of anilines is 1. The highest BCUT2D eigenvalue weighted by molar-refractivity contribution is 6.17. The SMILES string of the molecule is CCc1cc(CCl)cc(Oc2cccc(N(C)C)c2)n1. The van der Waals surface area contributed by atoms with E-state index in [4.69, 9.17) is 16.3 Å². The molecule has 4 heteroatoms. The van der Waals surface area contributed by atoms with E-state index in [2.05, 4.69) is 11.9 Å². The lowest BCUT2D eigenvalue weighted by atomic mass is 10.2. The second-order valence-corrected chi connectivity index (χ2v) is 5.05. The van der Waals surface area contributed by atoms with Crippen LogP contribution in [0, 0.1) is 0 Å². The predicted octanol–water partition coefficient (Wildman–Crippen LogP) is 4.24. The minimum absolute atomic E-state index is 0.462. The Balaban J connectivity index is 2.27. The van der Waals surface area contributed by atoms with Gasteiger partial charge in [0.25, 0.3) is 0 Å². The van der Waals surface area contributed by atoms with Gasteiger partial charge >= 0.3 is 0 Å². The highest BCUT2D eigenvalue weighted by atomic mass is 35.5. The van der Waals surface area contributed by atoms with E-state index < -0.39 is 0 Å². The molecule has 0 N–H and O–H groups in total. The molecule has 1 aromatic carbocycles. The summed E-state index contributed by atoms with van der Waals surface area (Å²) >= 11 is 5.91. The molecule has 3 nitrogen and oxygen atoms in total. The van der Waals surface area contributed by atoms with Gasteiger partial charge in [-0.25, -0.2) is 4.98 Å². The van der Waals surface area contributed by atoms with Crippen molar-refractivity contribution in [3.8, 4) is 11.6 Å². The van der Waals surface area contributed by atoms with Gasteiger partial charge in [0.2, 0.25) is 5.88 Å². The summed E-state index contributed by atoms with van der Waals surface area (Å²) in [6.07, 6.45) is 0.860. The van der Waals surface area contributed by atoms with E-state index in [1.807, 2.05) is 55.4 Å². The minimum atomic E-state index is 0.462. The second-order valence-electron chi connectivity index (χ2n) is 4.79. The molecule has 0 unspecified atom stereocenters. The number of nitrogens with zero attached hydrogens (tertiary/aromatic N) is 2. The lowest BCUT2D eigenvalue weighted by molar-refractivity contribution is 0.460. The van der Waals surface area contributed by atoms with E-state index in [-0.39, 0.29) is 0 Å². The molecule has 1 aromatic heterocycles. The molecule has 1 heterocycles. The molecule has 0 saturated carbocycles. The number of hydrogen-bond acceptors (Lipinski definition) is 3. The smallest absolute Gasteiger partial charge is 0.219 e. The zero-order valence-corrected chi connectivity index (χ0v) is 12.8. The van der Waals surface area contributed by atoms with Crippen LogP contribution in [-0.4, -0.2) is 19.1 Å². The number of alkyl halides is 1. The molecule has 0 saturated heterocycles. The number of rotatable bonds is 5. The molecular weight excluding hydrogens is 272 g/mol. The van der Waals surface area contributed by atoms with Crippen LogP contribution in [0.4, 0.5) is 5.69 Å². The Kier molecular flexibility index (Phi) is 4.85. The summed E-state index contributed by atoms with van der Waals surface area (Å²) in [5.41, 5.74) is 3.10. The number of ether oxygens (including phenoxy) is 1. The molecular formula is C16H19ClN2O. The Morgan fingerprint density at radius 2 is 2.00 bits per heavy atom. The zero-order chi connectivity index (χ0) is 14.5. The fourth-order valence-corrected chi connectivity index (χ4v) is 2.03. The van der Waals surface area contributed by atoms with E-state index in [0.29, 0.717) is 11.8 Å². The van der Waals surface area contributed by atoms with Crippen molar-refractivity contribution in [2.45, 2.75) is 19.2 Å². The van der Waals surface area contributed by atoms with Crippen LogP contribution < -0.4 is 9.64 Å². The van der Waals surface area contributed by atoms with Crippen LogP contribution in [0.1, 0.15) is 18.2 Å². The van der Waals surface area contributed by atoms with Crippen molar-refractivity contribution in [2.75, 3.05) is 19.0 Å². The van der Waals surface area contributed by atoms with Gasteiger partial charge < -0.3 is 9.64 Å². The van der Waals surface area contributed by atoms with E-state index in [9.17, 15) is 0 Å². The molecule has 0 amide bonds. The summed E-state index contributed by atoms with van der Waals surface area (Å²) in [5, 5.41) is 0. The topological polar surface area (TPSA) is 25.4 Å². The first-order valence-electron chi connectivity index (χ1n) is 6.63. The van der Waals surface area contributed by atoms with Gasteiger partial charge in [0, 0.05) is 43.5 Å². The van der Waals surface area contributed by atoms with Crippen molar-refractivity contribution in [1.29, 1.82) is 0 Å². The lowest BCUT2D eigenvalue weighted by Gasteiger charge is -2.14. The summed E-state index contributed by atoms with van der Waals surface area (Å²) in [4.78, 5) is 6.51. The van der Waals surface area contributed by atoms with Crippen molar-refractivity contribution in [2.24, 2.45) is 0 Å². The van der Waals surface area contributed by atoms with Gasteiger partial charge in [0.1, 0.15) is 5.75 Å². The van der Waals surface area contributed by atoms with Gasteiger partial charge in [-0.3, -0.25) is 0 Å². The Morgan fingerprint density at radius 3 is 2.65 bits per heavy atom. The first-order chi connectivity index (χ1) is 9.62. The van der Waals surface area contributed by atoms with Gasteiger partial charge in [-0.15, -0.1) is 11.6 Å². The zero-order valence-electron chi connectivity index (χ0n) is 12.1. The fraction of sp³-hybridized carbons (Fsp3) is 0.312. The first-order valence-corrected chi connectivity index (χ1v) is 7.17. The summed E-state index contributed by atoms with van der Waals surface area (Å²) in [6.45, 7) is 2.07. The Labute approximate surface area is 125 Å². The molecule has 0 atom stereocenters. The average Bonchev–Trinajstić information content (AvgIpc) is 2.47. The fourth-order valence-electron chi connectivity index (χ4n) is 1.88. The highest BCUT2D eigenvalue weighted by Crippen LogP contribution is 2.25. The van der Waals surface area contributed by atoms with Crippen LogP contribution in [0.5, 0.6) is 11.6 Å². The van der Waals surface area contributed by atoms with E-state index in [1.54, 1.807) is 0 Å². The normalized spacial score (nSPS) is 10.4. The molecule has 20 heavy (non-hydrogen) atoms. The third-order valence-electron chi connectivity index (χ3n) is 2.99. The van der Waals surface area contributed by atoms with Crippen LogP contribution in [0.15, 0.2) is 36.4 Å². The summed E-state index contributed by atoms with van der Waals surface area (Å²) in [7, 11) is 4.00. The maximum Gasteiger partial charge on any atom is 0.219 e. The molecule has 0 bridgehead atoms. The van der Waals surface area contributed by atoms with E-state index in [1.165, 1.54) is 0 Å². The number of aromatic nitrogens is 1. The molecule has 0 radical (unpaired) electrons. The van der Waals surface area contributed by atoms with Crippen molar-refractivity contribution in [3.63, 3.8) is 0 Å². The molecule has 0 aliphatic heterocycles. The number of halogens is 1. The Hall–Kier alpha value is -1.74. The molecule has 2 rings (SSSR count). The van der Waals surface area contributed by atoms with Crippen molar-refractivity contribution in [1.82, 2.24) is 4.98 Å². The van der Waals surface area contributed by atoms with E-state index >= 15 is 0 Å². The number of aryl methyl sites for hydroxylation is 1. The monoisotopic (exact) mass is 290 g/mol. The second kappa shape index (κ2) is 6.62. The van der Waals surface area contributed by atoms with Crippen molar-refractivity contribution in [3.05, 3.63) is 47.7 Å². The first kappa shape index (κ1) is 14.7. The summed E-state index contributed by atoms with van der Waals surface area (Å²) in [6, 6.07) is 11.8. The average molecular weight is 291 g/mol. The Morgan fingerprint density at radius 1 is 1.20 bits per heavy atom. The van der Waals surface area contributed by atoms with Crippen molar-refractivity contribution >= 4 is 17.3 Å². The van der Waals surface area contributed by atoms with Gasteiger partial charge in [-0.1, -0.05) is 13.0 Å². The van der Waals surface area contributed by atoms with Crippen molar-refractivity contribution < 1.29 is 4.74 Å². The van der Waals surface area contributed by atoms with Crippen LogP contribution >= 0.6 is 11.6 Å². The van der Waals surface area contributed by atoms with Crippen LogP contribution in [0.2, 0.25) is 0 Å². The Bertz CT molecular complexity index is 562. The van der Waals surface area contributed by atoms with Gasteiger partial charge in [0.05, 0.1) is 0 Å². The molecule has 106 valence electrons. The third kappa shape index (κ3) is 3.64. The lowest BCUT2D eigenvalue weighted by Crippen LogP contribution is -2.08. The third-order valence-corrected chi connectivity index (χ3v) is 3.30. The minimum Gasteiger partial charge on any atom is -0.439 e. The maximum absolute atomic E-state index is 5.91.